The fraction of sp³-hybridized carbons (Fsp3) is 0.190. The number of amides is 2. The van der Waals surface area contributed by atoms with Crippen molar-refractivity contribution in [2.24, 2.45) is 0 Å². The number of ether oxygens (including phenoxy) is 3. The molecule has 0 unspecified atom stereocenters. The van der Waals surface area contributed by atoms with Gasteiger partial charge in [0.1, 0.15) is 30.0 Å². The molecule has 2 aromatic carbocycles. The van der Waals surface area contributed by atoms with Gasteiger partial charge in [0, 0.05) is 24.7 Å². The lowest BCUT2D eigenvalue weighted by atomic mass is 10.1. The van der Waals surface area contributed by atoms with Gasteiger partial charge >= 0.3 is 6.03 Å². The van der Waals surface area contributed by atoms with Crippen molar-refractivity contribution in [1.29, 1.82) is 0 Å². The minimum Gasteiger partial charge on any atom is -0.502 e. The Morgan fingerprint density at radius 2 is 2.17 bits per heavy atom. The van der Waals surface area contributed by atoms with Gasteiger partial charge in [0.2, 0.25) is 5.69 Å². The number of aromatic nitrogens is 1. The van der Waals surface area contributed by atoms with Gasteiger partial charge in [-0.3, -0.25) is 4.98 Å². The average molecular weight is 425 g/mol. The van der Waals surface area contributed by atoms with E-state index in [4.69, 9.17) is 32.4 Å². The molecule has 1 fully saturated rings. The maximum atomic E-state index is 11.5. The summed E-state index contributed by atoms with van der Waals surface area (Å²) in [6.45, 7) is 8.55. The molecule has 2 amide bonds. The van der Waals surface area contributed by atoms with E-state index in [9.17, 15) is 4.79 Å². The second-order valence-electron chi connectivity index (χ2n) is 6.47. The minimum atomic E-state index is -0.372. The molecule has 0 saturated carbocycles. The molecule has 1 saturated heterocycles. The number of benzene rings is 2. The number of carbonyl (C=O) groups is 1. The molecule has 0 aliphatic carbocycles. The summed E-state index contributed by atoms with van der Waals surface area (Å²) in [5.41, 5.74) is 1.46. The van der Waals surface area contributed by atoms with Crippen molar-refractivity contribution < 1.29 is 19.0 Å². The molecule has 2 heterocycles. The van der Waals surface area contributed by atoms with E-state index in [0.717, 1.165) is 0 Å². The molecule has 30 heavy (non-hydrogen) atoms. The van der Waals surface area contributed by atoms with Gasteiger partial charge in [0.25, 0.3) is 0 Å². The van der Waals surface area contributed by atoms with Gasteiger partial charge in [0.05, 0.1) is 29.4 Å². The van der Waals surface area contributed by atoms with Gasteiger partial charge in [-0.25, -0.2) is 9.64 Å². The lowest BCUT2D eigenvalue weighted by Gasteiger charge is -2.13. The first-order chi connectivity index (χ1) is 14.6. The third-order valence-electron chi connectivity index (χ3n) is 4.37. The van der Waals surface area contributed by atoms with E-state index in [2.05, 4.69) is 20.5 Å². The average Bonchev–Trinajstić information content (AvgIpc) is 3.58. The van der Waals surface area contributed by atoms with E-state index >= 15 is 0 Å². The Morgan fingerprint density at radius 3 is 2.87 bits per heavy atom. The number of nitrogens with zero attached hydrogens (tertiary/aromatic N) is 2. The number of hydrogen-bond acceptors (Lipinski definition) is 5. The quantitative estimate of drug-likeness (QED) is 0.440. The lowest BCUT2D eigenvalue weighted by molar-refractivity contribution is 0.254. The van der Waals surface area contributed by atoms with Crippen LogP contribution >= 0.6 is 11.6 Å². The predicted molar refractivity (Wildman–Crippen MR) is 113 cm³/mol. The Balaban J connectivity index is 1.61. The number of halogens is 1. The van der Waals surface area contributed by atoms with Gasteiger partial charge in [-0.1, -0.05) is 11.6 Å². The first-order valence-corrected chi connectivity index (χ1v) is 9.46. The molecule has 152 valence electrons. The summed E-state index contributed by atoms with van der Waals surface area (Å²) in [5, 5.41) is 6.08. The summed E-state index contributed by atoms with van der Waals surface area (Å²) in [7, 11) is 1.52. The number of carbonyl (C=O) groups excluding carboxylic acids is 1. The molecule has 0 bridgehead atoms. The third-order valence-corrected chi connectivity index (χ3v) is 4.69. The maximum absolute atomic E-state index is 11.5. The zero-order valence-electron chi connectivity index (χ0n) is 15.9. The molecule has 0 radical (unpaired) electrons. The Bertz CT molecular complexity index is 1160. The van der Waals surface area contributed by atoms with Crippen LogP contribution in [0.2, 0.25) is 5.02 Å². The fourth-order valence-electron chi connectivity index (χ4n) is 2.75. The van der Waals surface area contributed by atoms with Crippen molar-refractivity contribution in [3.63, 3.8) is 0 Å². The van der Waals surface area contributed by atoms with E-state index < -0.39 is 0 Å². The maximum Gasteiger partial charge on any atom is 0.319 e. The van der Waals surface area contributed by atoms with Crippen molar-refractivity contribution >= 4 is 39.9 Å². The van der Waals surface area contributed by atoms with Gasteiger partial charge in [-0.15, -0.1) is 0 Å². The lowest BCUT2D eigenvalue weighted by Crippen LogP contribution is -2.24. The molecular formula is C21H17ClN4O4. The molecule has 4 rings (SSSR count). The topological polar surface area (TPSA) is 89.4 Å². The standard InChI is InChI=1S/C21H17ClN4O4/c1-23-18-8-14-17(9-20(18)29-11-13-10-28-13)25-6-5-19(14)30-12-3-4-16(15(22)7-12)26-21(27)24-2/h3-9,13H,10-11H2,2H3,(H2,24,26,27)/t13-/m1/s1. The summed E-state index contributed by atoms with van der Waals surface area (Å²) in [4.78, 5) is 19.4. The molecule has 3 aromatic rings. The van der Waals surface area contributed by atoms with Crippen LogP contribution in [0.1, 0.15) is 0 Å². The van der Waals surface area contributed by atoms with E-state index in [1.54, 1.807) is 42.6 Å². The molecule has 1 aliphatic heterocycles. The van der Waals surface area contributed by atoms with Crippen LogP contribution in [-0.4, -0.2) is 37.4 Å². The third kappa shape index (κ3) is 4.38. The zero-order valence-corrected chi connectivity index (χ0v) is 16.7. The summed E-state index contributed by atoms with van der Waals surface area (Å²) in [6.07, 6.45) is 1.71. The van der Waals surface area contributed by atoms with Gasteiger partial charge in [-0.2, -0.15) is 0 Å². The number of fused-ring (bicyclic) bond motifs is 1. The highest BCUT2D eigenvalue weighted by atomic mass is 35.5. The van der Waals surface area contributed by atoms with Crippen LogP contribution in [0, 0.1) is 6.57 Å². The van der Waals surface area contributed by atoms with Crippen LogP contribution < -0.4 is 20.1 Å². The Labute approximate surface area is 177 Å². The van der Waals surface area contributed by atoms with Crippen molar-refractivity contribution in [2.45, 2.75) is 6.10 Å². The van der Waals surface area contributed by atoms with Crippen molar-refractivity contribution in [1.82, 2.24) is 10.3 Å². The monoisotopic (exact) mass is 424 g/mol. The second kappa shape index (κ2) is 8.45. The zero-order chi connectivity index (χ0) is 21.1. The number of pyridine rings is 1. The van der Waals surface area contributed by atoms with Crippen LogP contribution in [0.4, 0.5) is 16.2 Å². The minimum absolute atomic E-state index is 0.0903. The fourth-order valence-corrected chi connectivity index (χ4v) is 2.97. The summed E-state index contributed by atoms with van der Waals surface area (Å²) in [5.74, 6) is 1.46. The molecule has 1 atom stereocenters. The Kier molecular flexibility index (Phi) is 5.57. The number of nitrogens with one attached hydrogen (secondary N) is 2. The highest BCUT2D eigenvalue weighted by molar-refractivity contribution is 6.33. The number of epoxide rings is 1. The van der Waals surface area contributed by atoms with Crippen LogP contribution in [0.25, 0.3) is 15.7 Å². The van der Waals surface area contributed by atoms with E-state index in [1.165, 1.54) is 7.05 Å². The predicted octanol–water partition coefficient (Wildman–Crippen LogP) is 4.76. The molecule has 1 aliphatic rings. The first-order valence-electron chi connectivity index (χ1n) is 9.08. The van der Waals surface area contributed by atoms with Gasteiger partial charge < -0.3 is 24.8 Å². The summed E-state index contributed by atoms with van der Waals surface area (Å²) < 4.78 is 16.8. The van der Waals surface area contributed by atoms with E-state index in [0.29, 0.717) is 57.8 Å². The van der Waals surface area contributed by atoms with Crippen molar-refractivity contribution in [2.75, 3.05) is 25.6 Å². The summed E-state index contributed by atoms with van der Waals surface area (Å²) >= 11 is 6.25. The Hall–Kier alpha value is -3.54. The van der Waals surface area contributed by atoms with Crippen LogP contribution in [0.3, 0.4) is 0 Å². The van der Waals surface area contributed by atoms with E-state index in [1.807, 2.05) is 0 Å². The highest BCUT2D eigenvalue weighted by Gasteiger charge is 2.24. The summed E-state index contributed by atoms with van der Waals surface area (Å²) in [6, 6.07) is 9.68. The number of rotatable bonds is 6. The number of hydrogen-bond donors (Lipinski definition) is 2. The molecule has 0 spiro atoms. The van der Waals surface area contributed by atoms with Crippen LogP contribution in [0.15, 0.2) is 42.6 Å². The normalized spacial score (nSPS) is 14.6. The number of anilines is 1. The van der Waals surface area contributed by atoms with Gasteiger partial charge in [-0.05, 0) is 30.3 Å². The Morgan fingerprint density at radius 1 is 1.33 bits per heavy atom. The molecule has 9 heteroatoms. The van der Waals surface area contributed by atoms with Crippen LogP contribution in [0.5, 0.6) is 17.2 Å². The highest BCUT2D eigenvalue weighted by Crippen LogP contribution is 2.38. The van der Waals surface area contributed by atoms with E-state index in [-0.39, 0.29) is 12.1 Å². The number of urea groups is 1. The largest absolute Gasteiger partial charge is 0.502 e. The SMILES string of the molecule is [C-]#[N+]c1cc2c(Oc3ccc(NC(=O)NC)c(Cl)c3)ccnc2cc1OC[C@H]1CO1. The smallest absolute Gasteiger partial charge is 0.319 e. The van der Waals surface area contributed by atoms with Crippen molar-refractivity contribution in [3.8, 4) is 17.2 Å². The van der Waals surface area contributed by atoms with Crippen molar-refractivity contribution in [3.05, 3.63) is 59.0 Å². The molecule has 2 N–H and O–H groups in total. The molecule has 8 nitrogen and oxygen atoms in total. The molecule has 1 aromatic heterocycles. The second-order valence-corrected chi connectivity index (χ2v) is 6.88. The van der Waals surface area contributed by atoms with Crippen LogP contribution in [-0.2, 0) is 4.74 Å². The molecular weight excluding hydrogens is 408 g/mol. The first kappa shape index (κ1) is 19.8. The van der Waals surface area contributed by atoms with Gasteiger partial charge in [0.15, 0.2) is 0 Å².